The van der Waals surface area contributed by atoms with Gasteiger partial charge in [0.1, 0.15) is 5.75 Å². The molecule has 0 saturated carbocycles. The van der Waals surface area contributed by atoms with Crippen LogP contribution in [-0.2, 0) is 6.54 Å². The first-order valence-electron chi connectivity index (χ1n) is 5.94. The van der Waals surface area contributed by atoms with E-state index >= 15 is 0 Å². The molecule has 0 amide bonds. The Morgan fingerprint density at radius 3 is 2.50 bits per heavy atom. The molecule has 90 valence electrons. The molecule has 0 heterocycles. The zero-order chi connectivity index (χ0) is 12.1. The largest absolute Gasteiger partial charge is 0.496 e. The van der Waals surface area contributed by atoms with Crippen molar-refractivity contribution in [3.8, 4) is 5.75 Å². The van der Waals surface area contributed by atoms with Crippen molar-refractivity contribution in [2.75, 3.05) is 20.7 Å². The summed E-state index contributed by atoms with van der Waals surface area (Å²) >= 11 is 0. The van der Waals surface area contributed by atoms with Gasteiger partial charge in [-0.3, -0.25) is 0 Å². The third kappa shape index (κ3) is 2.99. The van der Waals surface area contributed by atoms with Gasteiger partial charge in [0.15, 0.2) is 0 Å². The average molecular weight is 221 g/mol. The van der Waals surface area contributed by atoms with E-state index in [9.17, 15) is 0 Å². The van der Waals surface area contributed by atoms with Gasteiger partial charge in [0.2, 0.25) is 0 Å². The molecule has 0 unspecified atom stereocenters. The maximum absolute atomic E-state index is 5.44. The van der Waals surface area contributed by atoms with Gasteiger partial charge in [-0.05, 0) is 31.1 Å². The summed E-state index contributed by atoms with van der Waals surface area (Å²) in [6.45, 7) is 8.66. The lowest BCUT2D eigenvalue weighted by Gasteiger charge is -2.20. The standard InChI is InChI=1S/C14H23NO/c1-6-15(4)10-12-8-7-9-13(16-5)14(12)11(2)3/h7-9,11H,6,10H2,1-5H3. The molecule has 16 heavy (non-hydrogen) atoms. The molecule has 0 aliphatic heterocycles. The van der Waals surface area contributed by atoms with Crippen molar-refractivity contribution in [1.82, 2.24) is 4.90 Å². The molecule has 0 bridgehead atoms. The summed E-state index contributed by atoms with van der Waals surface area (Å²) < 4.78 is 5.44. The van der Waals surface area contributed by atoms with E-state index in [4.69, 9.17) is 4.74 Å². The van der Waals surface area contributed by atoms with E-state index in [0.717, 1.165) is 18.8 Å². The van der Waals surface area contributed by atoms with Crippen LogP contribution in [0.15, 0.2) is 18.2 Å². The molecule has 1 aromatic rings. The predicted molar refractivity (Wildman–Crippen MR) is 69.1 cm³/mol. The van der Waals surface area contributed by atoms with Crippen molar-refractivity contribution >= 4 is 0 Å². The first-order valence-corrected chi connectivity index (χ1v) is 5.94. The predicted octanol–water partition coefficient (Wildman–Crippen LogP) is 3.27. The molecular weight excluding hydrogens is 198 g/mol. The maximum Gasteiger partial charge on any atom is 0.122 e. The molecule has 1 rings (SSSR count). The quantitative estimate of drug-likeness (QED) is 0.756. The monoisotopic (exact) mass is 221 g/mol. The minimum absolute atomic E-state index is 0.497. The Bertz CT molecular complexity index is 334. The van der Waals surface area contributed by atoms with Gasteiger partial charge in [-0.1, -0.05) is 32.9 Å². The van der Waals surface area contributed by atoms with Gasteiger partial charge in [-0.15, -0.1) is 0 Å². The van der Waals surface area contributed by atoms with Crippen LogP contribution in [0.3, 0.4) is 0 Å². The van der Waals surface area contributed by atoms with E-state index in [1.807, 2.05) is 6.07 Å². The van der Waals surface area contributed by atoms with Gasteiger partial charge in [0.25, 0.3) is 0 Å². The molecule has 0 fully saturated rings. The smallest absolute Gasteiger partial charge is 0.122 e. The summed E-state index contributed by atoms with van der Waals surface area (Å²) in [5, 5.41) is 0. The molecule has 1 aromatic carbocycles. The van der Waals surface area contributed by atoms with Gasteiger partial charge in [0, 0.05) is 12.1 Å². The molecule has 0 N–H and O–H groups in total. The van der Waals surface area contributed by atoms with Crippen molar-refractivity contribution in [1.29, 1.82) is 0 Å². The first-order chi connectivity index (χ1) is 7.60. The normalized spacial score (nSPS) is 11.2. The summed E-state index contributed by atoms with van der Waals surface area (Å²) in [6.07, 6.45) is 0. The molecular formula is C14H23NO. The third-order valence-corrected chi connectivity index (χ3v) is 2.93. The maximum atomic E-state index is 5.44. The van der Waals surface area contributed by atoms with Crippen molar-refractivity contribution in [2.45, 2.75) is 33.2 Å². The lowest BCUT2D eigenvalue weighted by atomic mass is 9.95. The Morgan fingerprint density at radius 2 is 2.00 bits per heavy atom. The average Bonchev–Trinajstić information content (AvgIpc) is 2.28. The van der Waals surface area contributed by atoms with Gasteiger partial charge < -0.3 is 9.64 Å². The summed E-state index contributed by atoms with van der Waals surface area (Å²) in [6, 6.07) is 6.32. The number of nitrogens with zero attached hydrogens (tertiary/aromatic N) is 1. The Kier molecular flexibility index (Phi) is 4.81. The highest BCUT2D eigenvalue weighted by Crippen LogP contribution is 2.30. The Morgan fingerprint density at radius 1 is 1.31 bits per heavy atom. The van der Waals surface area contributed by atoms with Crippen molar-refractivity contribution in [3.63, 3.8) is 0 Å². The van der Waals surface area contributed by atoms with E-state index in [2.05, 4.69) is 44.9 Å². The second kappa shape index (κ2) is 5.90. The van der Waals surface area contributed by atoms with Crippen LogP contribution >= 0.6 is 0 Å². The molecule has 2 nitrogen and oxygen atoms in total. The SMILES string of the molecule is CCN(C)Cc1cccc(OC)c1C(C)C. The zero-order valence-corrected chi connectivity index (χ0v) is 11.1. The second-order valence-corrected chi connectivity index (χ2v) is 4.52. The van der Waals surface area contributed by atoms with Crippen LogP contribution in [0, 0.1) is 0 Å². The van der Waals surface area contributed by atoms with E-state index in [0.29, 0.717) is 5.92 Å². The fraction of sp³-hybridized carbons (Fsp3) is 0.571. The minimum atomic E-state index is 0.497. The fourth-order valence-electron chi connectivity index (χ4n) is 1.96. The van der Waals surface area contributed by atoms with Crippen LogP contribution in [-0.4, -0.2) is 25.6 Å². The van der Waals surface area contributed by atoms with Crippen molar-refractivity contribution in [3.05, 3.63) is 29.3 Å². The van der Waals surface area contributed by atoms with Crippen LogP contribution in [0.2, 0.25) is 0 Å². The Labute approximate surface area is 99.2 Å². The van der Waals surface area contributed by atoms with E-state index in [1.165, 1.54) is 11.1 Å². The van der Waals surface area contributed by atoms with Gasteiger partial charge in [-0.2, -0.15) is 0 Å². The number of ether oxygens (including phenoxy) is 1. The van der Waals surface area contributed by atoms with Gasteiger partial charge in [0.05, 0.1) is 7.11 Å². The van der Waals surface area contributed by atoms with E-state index in [1.54, 1.807) is 7.11 Å². The number of hydrogen-bond donors (Lipinski definition) is 0. The van der Waals surface area contributed by atoms with Crippen LogP contribution in [0.5, 0.6) is 5.75 Å². The molecule has 2 heteroatoms. The highest BCUT2D eigenvalue weighted by atomic mass is 16.5. The Balaban J connectivity index is 3.07. The molecule has 0 atom stereocenters. The zero-order valence-electron chi connectivity index (χ0n) is 11.1. The Hall–Kier alpha value is -1.02. The fourth-order valence-corrected chi connectivity index (χ4v) is 1.96. The van der Waals surface area contributed by atoms with Crippen LogP contribution in [0.1, 0.15) is 37.8 Å². The van der Waals surface area contributed by atoms with Gasteiger partial charge in [-0.25, -0.2) is 0 Å². The summed E-state index contributed by atoms with van der Waals surface area (Å²) in [5.41, 5.74) is 2.71. The summed E-state index contributed by atoms with van der Waals surface area (Å²) in [5.74, 6) is 1.51. The van der Waals surface area contributed by atoms with Gasteiger partial charge >= 0.3 is 0 Å². The minimum Gasteiger partial charge on any atom is -0.496 e. The topological polar surface area (TPSA) is 12.5 Å². The molecule has 0 radical (unpaired) electrons. The molecule has 0 aliphatic carbocycles. The summed E-state index contributed by atoms with van der Waals surface area (Å²) in [7, 11) is 3.89. The third-order valence-electron chi connectivity index (χ3n) is 2.93. The number of methoxy groups -OCH3 is 1. The second-order valence-electron chi connectivity index (χ2n) is 4.52. The molecule has 0 aromatic heterocycles. The first kappa shape index (κ1) is 13.0. The molecule has 0 spiro atoms. The van der Waals surface area contributed by atoms with E-state index in [-0.39, 0.29) is 0 Å². The van der Waals surface area contributed by atoms with Crippen LogP contribution in [0.25, 0.3) is 0 Å². The highest BCUT2D eigenvalue weighted by molar-refractivity contribution is 5.42. The lowest BCUT2D eigenvalue weighted by Crippen LogP contribution is -2.18. The summed E-state index contributed by atoms with van der Waals surface area (Å²) in [4.78, 5) is 2.31. The molecule has 0 aliphatic rings. The number of benzene rings is 1. The highest BCUT2D eigenvalue weighted by Gasteiger charge is 2.13. The van der Waals surface area contributed by atoms with Crippen LogP contribution in [0.4, 0.5) is 0 Å². The van der Waals surface area contributed by atoms with Crippen molar-refractivity contribution in [2.24, 2.45) is 0 Å². The lowest BCUT2D eigenvalue weighted by molar-refractivity contribution is 0.341. The van der Waals surface area contributed by atoms with E-state index < -0.39 is 0 Å². The van der Waals surface area contributed by atoms with Crippen molar-refractivity contribution < 1.29 is 4.74 Å². The number of hydrogen-bond acceptors (Lipinski definition) is 2. The molecule has 0 saturated heterocycles. The number of rotatable bonds is 5. The van der Waals surface area contributed by atoms with Crippen LogP contribution < -0.4 is 4.74 Å².